The summed E-state index contributed by atoms with van der Waals surface area (Å²) in [6.07, 6.45) is -0.436. The van der Waals surface area contributed by atoms with Gasteiger partial charge >= 0.3 is 0 Å². The average Bonchev–Trinajstić information content (AvgIpc) is 2.01. The summed E-state index contributed by atoms with van der Waals surface area (Å²) in [5.74, 6) is 0. The van der Waals surface area contributed by atoms with E-state index in [9.17, 15) is 10.2 Å². The molecule has 0 aromatic heterocycles. The predicted molar refractivity (Wildman–Crippen MR) is 44.0 cm³/mol. The van der Waals surface area contributed by atoms with Crippen LogP contribution in [0.3, 0.4) is 0 Å². The molecule has 0 aliphatic rings. The highest BCUT2D eigenvalue weighted by Crippen LogP contribution is 2.17. The first-order valence-corrected chi connectivity index (χ1v) is 3.85. The van der Waals surface area contributed by atoms with Crippen LogP contribution < -0.4 is 11.5 Å². The van der Waals surface area contributed by atoms with Gasteiger partial charge in [-0.1, -0.05) is 6.92 Å². The van der Waals surface area contributed by atoms with Crippen LogP contribution in [-0.2, 0) is 0 Å². The summed E-state index contributed by atoms with van der Waals surface area (Å²) in [5.41, 5.74) is 9.56. The second kappa shape index (κ2) is 4.01. The van der Waals surface area contributed by atoms with Crippen LogP contribution >= 0.6 is 0 Å². The number of hydrogen-bond donors (Lipinski definition) is 4. The summed E-state index contributed by atoms with van der Waals surface area (Å²) in [7, 11) is 0. The molecule has 11 heavy (non-hydrogen) atoms. The van der Waals surface area contributed by atoms with Gasteiger partial charge in [0.05, 0.1) is 6.10 Å². The fraction of sp³-hybridized carbons (Fsp3) is 1.00. The topological polar surface area (TPSA) is 92.5 Å². The molecule has 0 amide bonds. The zero-order valence-corrected chi connectivity index (χ0v) is 7.12. The highest BCUT2D eigenvalue weighted by atomic mass is 16.3. The summed E-state index contributed by atoms with van der Waals surface area (Å²) in [6.45, 7) is 3.45. The van der Waals surface area contributed by atoms with Crippen molar-refractivity contribution in [3.63, 3.8) is 0 Å². The third kappa shape index (κ3) is 2.13. The molecule has 68 valence electrons. The minimum atomic E-state index is -1.24. The zero-order valence-electron chi connectivity index (χ0n) is 7.12. The molecule has 6 N–H and O–H groups in total. The Labute approximate surface area is 67.2 Å². The van der Waals surface area contributed by atoms with Crippen LogP contribution in [0.25, 0.3) is 0 Å². The SMILES string of the molecule is CCC(O)(C(C)O)C(N)CN. The van der Waals surface area contributed by atoms with Crippen molar-refractivity contribution in [1.29, 1.82) is 0 Å². The quantitative estimate of drug-likeness (QED) is 0.417. The summed E-state index contributed by atoms with van der Waals surface area (Å²) in [5, 5.41) is 18.9. The molecule has 0 aromatic rings. The van der Waals surface area contributed by atoms with Gasteiger partial charge in [-0.3, -0.25) is 0 Å². The highest BCUT2D eigenvalue weighted by molar-refractivity contribution is 4.93. The lowest BCUT2D eigenvalue weighted by Crippen LogP contribution is -2.57. The van der Waals surface area contributed by atoms with E-state index in [0.29, 0.717) is 6.42 Å². The van der Waals surface area contributed by atoms with Gasteiger partial charge in [-0.05, 0) is 13.3 Å². The molecule has 0 aliphatic carbocycles. The van der Waals surface area contributed by atoms with Crippen molar-refractivity contribution in [3.8, 4) is 0 Å². The number of aliphatic hydroxyl groups is 2. The molecular weight excluding hydrogens is 144 g/mol. The lowest BCUT2D eigenvalue weighted by Gasteiger charge is -2.34. The molecule has 0 fully saturated rings. The first-order chi connectivity index (χ1) is 4.99. The smallest absolute Gasteiger partial charge is 0.106 e. The molecule has 0 heterocycles. The second-order valence-electron chi connectivity index (χ2n) is 2.86. The molecule has 0 saturated carbocycles. The van der Waals surface area contributed by atoms with Crippen LogP contribution in [0.5, 0.6) is 0 Å². The number of aliphatic hydroxyl groups excluding tert-OH is 1. The fourth-order valence-corrected chi connectivity index (χ4v) is 1.07. The van der Waals surface area contributed by atoms with E-state index in [1.54, 1.807) is 6.92 Å². The maximum atomic E-state index is 9.71. The summed E-state index contributed by atoms with van der Waals surface area (Å²) >= 11 is 0. The monoisotopic (exact) mass is 162 g/mol. The zero-order chi connectivity index (χ0) is 9.07. The molecule has 0 spiro atoms. The summed E-state index contributed by atoms with van der Waals surface area (Å²) in [6, 6.07) is -0.563. The van der Waals surface area contributed by atoms with Crippen molar-refractivity contribution in [2.24, 2.45) is 11.5 Å². The number of hydrogen-bond acceptors (Lipinski definition) is 4. The molecule has 0 saturated heterocycles. The van der Waals surface area contributed by atoms with Gasteiger partial charge in [0.15, 0.2) is 0 Å². The Balaban J connectivity index is 4.32. The summed E-state index contributed by atoms with van der Waals surface area (Å²) < 4.78 is 0. The first-order valence-electron chi connectivity index (χ1n) is 3.85. The van der Waals surface area contributed by atoms with E-state index in [4.69, 9.17) is 11.5 Å². The van der Waals surface area contributed by atoms with Gasteiger partial charge in [0, 0.05) is 12.6 Å². The van der Waals surface area contributed by atoms with Gasteiger partial charge in [-0.25, -0.2) is 0 Å². The van der Waals surface area contributed by atoms with Gasteiger partial charge in [-0.2, -0.15) is 0 Å². The normalized spacial score (nSPS) is 22.4. The fourth-order valence-electron chi connectivity index (χ4n) is 1.07. The molecular formula is C7H18N2O2. The van der Waals surface area contributed by atoms with Crippen LogP contribution in [0.15, 0.2) is 0 Å². The standard InChI is InChI=1S/C7H18N2O2/c1-3-7(11,5(2)10)6(9)4-8/h5-6,10-11H,3-4,8-9H2,1-2H3. The Morgan fingerprint density at radius 3 is 2.09 bits per heavy atom. The lowest BCUT2D eigenvalue weighted by atomic mass is 9.87. The number of rotatable bonds is 4. The van der Waals surface area contributed by atoms with E-state index in [1.165, 1.54) is 6.92 Å². The van der Waals surface area contributed by atoms with Gasteiger partial charge in [-0.15, -0.1) is 0 Å². The van der Waals surface area contributed by atoms with Gasteiger partial charge < -0.3 is 21.7 Å². The predicted octanol–water partition coefficient (Wildman–Crippen LogP) is -1.21. The molecule has 3 unspecified atom stereocenters. The molecule has 0 bridgehead atoms. The molecule has 0 rings (SSSR count). The Morgan fingerprint density at radius 2 is 2.00 bits per heavy atom. The summed E-state index contributed by atoms with van der Waals surface area (Å²) in [4.78, 5) is 0. The second-order valence-corrected chi connectivity index (χ2v) is 2.86. The van der Waals surface area contributed by atoms with Crippen LogP contribution in [-0.4, -0.2) is 34.5 Å². The van der Waals surface area contributed by atoms with Gasteiger partial charge in [0.2, 0.25) is 0 Å². The highest BCUT2D eigenvalue weighted by Gasteiger charge is 2.36. The van der Waals surface area contributed by atoms with E-state index >= 15 is 0 Å². The van der Waals surface area contributed by atoms with Crippen molar-refractivity contribution in [2.75, 3.05) is 6.54 Å². The Hall–Kier alpha value is -0.160. The first kappa shape index (κ1) is 10.8. The van der Waals surface area contributed by atoms with Crippen LogP contribution in [0.4, 0.5) is 0 Å². The van der Waals surface area contributed by atoms with Gasteiger partial charge in [0.25, 0.3) is 0 Å². The Morgan fingerprint density at radius 1 is 1.55 bits per heavy atom. The number of nitrogens with two attached hydrogens (primary N) is 2. The van der Waals surface area contributed by atoms with Crippen molar-refractivity contribution in [3.05, 3.63) is 0 Å². The average molecular weight is 162 g/mol. The maximum Gasteiger partial charge on any atom is 0.106 e. The lowest BCUT2D eigenvalue weighted by molar-refractivity contribution is -0.0834. The Bertz CT molecular complexity index is 119. The van der Waals surface area contributed by atoms with Crippen molar-refractivity contribution >= 4 is 0 Å². The minimum absolute atomic E-state index is 0.176. The molecule has 0 aliphatic heterocycles. The van der Waals surface area contributed by atoms with Crippen molar-refractivity contribution in [1.82, 2.24) is 0 Å². The molecule has 4 heteroatoms. The van der Waals surface area contributed by atoms with E-state index < -0.39 is 17.7 Å². The van der Waals surface area contributed by atoms with Crippen LogP contribution in [0, 0.1) is 0 Å². The molecule has 0 aromatic carbocycles. The largest absolute Gasteiger partial charge is 0.390 e. The van der Waals surface area contributed by atoms with Crippen molar-refractivity contribution < 1.29 is 10.2 Å². The minimum Gasteiger partial charge on any atom is -0.390 e. The third-order valence-corrected chi connectivity index (χ3v) is 2.19. The third-order valence-electron chi connectivity index (χ3n) is 2.19. The van der Waals surface area contributed by atoms with E-state index in [-0.39, 0.29) is 6.54 Å². The molecule has 3 atom stereocenters. The Kier molecular flexibility index (Phi) is 3.96. The van der Waals surface area contributed by atoms with Crippen LogP contribution in [0.1, 0.15) is 20.3 Å². The van der Waals surface area contributed by atoms with E-state index in [1.807, 2.05) is 0 Å². The van der Waals surface area contributed by atoms with Crippen LogP contribution in [0.2, 0.25) is 0 Å². The molecule has 0 radical (unpaired) electrons. The van der Waals surface area contributed by atoms with E-state index in [0.717, 1.165) is 0 Å². The van der Waals surface area contributed by atoms with Crippen molar-refractivity contribution in [2.45, 2.75) is 38.0 Å². The maximum absolute atomic E-state index is 9.71. The van der Waals surface area contributed by atoms with E-state index in [2.05, 4.69) is 0 Å². The molecule has 4 nitrogen and oxygen atoms in total. The van der Waals surface area contributed by atoms with Gasteiger partial charge in [0.1, 0.15) is 5.60 Å².